The highest BCUT2D eigenvalue weighted by molar-refractivity contribution is 6.35. The molecule has 2 saturated heterocycles. The summed E-state index contributed by atoms with van der Waals surface area (Å²) < 4.78 is 0. The number of rotatable bonds is 0. The predicted molar refractivity (Wildman–Crippen MR) is 73.6 cm³/mol. The molecule has 2 fully saturated rings. The van der Waals surface area contributed by atoms with E-state index in [2.05, 4.69) is 12.2 Å². The minimum Gasteiger partial charge on any atom is -0.333 e. The highest BCUT2D eigenvalue weighted by Crippen LogP contribution is 2.21. The number of piperidine rings is 1. The van der Waals surface area contributed by atoms with Gasteiger partial charge >= 0.3 is 11.8 Å². The molecule has 0 aromatic carbocycles. The minimum absolute atomic E-state index is 0.192. The molecule has 2 amide bonds. The maximum absolute atomic E-state index is 12.4. The predicted octanol–water partition coefficient (Wildman–Crippen LogP) is 0.455. The number of carbonyl (C=O) groups excluding carboxylic acids is 2. The lowest BCUT2D eigenvalue weighted by Gasteiger charge is -2.37. The number of hydrogen-bond donors (Lipinski definition) is 1. The Hall–Kier alpha value is -1.10. The summed E-state index contributed by atoms with van der Waals surface area (Å²) >= 11 is 0. The van der Waals surface area contributed by atoms with Crippen LogP contribution in [0.25, 0.3) is 0 Å². The second-order valence-electron chi connectivity index (χ2n) is 5.88. The van der Waals surface area contributed by atoms with Crippen LogP contribution in [0.4, 0.5) is 0 Å². The second kappa shape index (κ2) is 6.37. The van der Waals surface area contributed by atoms with E-state index < -0.39 is 0 Å². The topological polar surface area (TPSA) is 52.7 Å². The maximum Gasteiger partial charge on any atom is 0.312 e. The third-order valence-electron chi connectivity index (χ3n) is 4.19. The molecule has 0 aromatic rings. The van der Waals surface area contributed by atoms with Crippen molar-refractivity contribution < 1.29 is 9.59 Å². The van der Waals surface area contributed by atoms with E-state index in [-0.39, 0.29) is 17.9 Å². The molecule has 2 unspecified atom stereocenters. The lowest BCUT2D eigenvalue weighted by molar-refractivity contribution is -0.154. The van der Waals surface area contributed by atoms with Crippen LogP contribution >= 0.6 is 0 Å². The quantitative estimate of drug-likeness (QED) is 0.649. The minimum atomic E-state index is -0.315. The summed E-state index contributed by atoms with van der Waals surface area (Å²) in [5, 5.41) is 3.25. The van der Waals surface area contributed by atoms with Crippen LogP contribution < -0.4 is 5.32 Å². The fraction of sp³-hybridized carbons (Fsp3) is 0.857. The van der Waals surface area contributed by atoms with Crippen molar-refractivity contribution in [2.45, 2.75) is 39.2 Å². The molecule has 0 saturated carbocycles. The zero-order valence-corrected chi connectivity index (χ0v) is 12.0. The molecule has 5 heteroatoms. The largest absolute Gasteiger partial charge is 0.333 e. The first-order valence-electron chi connectivity index (χ1n) is 7.40. The Balaban J connectivity index is 1.98. The zero-order valence-electron chi connectivity index (χ0n) is 12.0. The average molecular weight is 267 g/mol. The van der Waals surface area contributed by atoms with Gasteiger partial charge in [-0.25, -0.2) is 0 Å². The molecule has 0 aliphatic carbocycles. The Kier molecular flexibility index (Phi) is 4.80. The van der Waals surface area contributed by atoms with Gasteiger partial charge in [-0.15, -0.1) is 0 Å². The Bertz CT molecular complexity index is 338. The third kappa shape index (κ3) is 3.47. The monoisotopic (exact) mass is 267 g/mol. The smallest absolute Gasteiger partial charge is 0.312 e. The van der Waals surface area contributed by atoms with Crippen molar-refractivity contribution in [3.05, 3.63) is 0 Å². The Labute approximate surface area is 115 Å². The second-order valence-corrected chi connectivity index (χ2v) is 5.88. The maximum atomic E-state index is 12.4. The van der Waals surface area contributed by atoms with Gasteiger partial charge in [0.05, 0.1) is 0 Å². The van der Waals surface area contributed by atoms with Crippen LogP contribution in [-0.2, 0) is 9.59 Å². The van der Waals surface area contributed by atoms with Gasteiger partial charge in [0.1, 0.15) is 0 Å². The molecule has 2 heterocycles. The van der Waals surface area contributed by atoms with Crippen molar-refractivity contribution in [2.75, 3.05) is 32.7 Å². The summed E-state index contributed by atoms with van der Waals surface area (Å²) in [6.45, 7) is 7.95. The normalized spacial score (nSPS) is 28.9. The number of likely N-dealkylation sites (tertiary alicyclic amines) is 1. The van der Waals surface area contributed by atoms with Crippen LogP contribution in [0.5, 0.6) is 0 Å². The molecule has 0 spiro atoms. The molecule has 2 rings (SSSR count). The van der Waals surface area contributed by atoms with E-state index >= 15 is 0 Å². The number of carbonyl (C=O) groups is 2. The molecule has 2 aliphatic rings. The van der Waals surface area contributed by atoms with E-state index in [9.17, 15) is 9.59 Å². The summed E-state index contributed by atoms with van der Waals surface area (Å²) in [5.41, 5.74) is 0. The first kappa shape index (κ1) is 14.3. The van der Waals surface area contributed by atoms with Crippen LogP contribution in [-0.4, -0.2) is 60.4 Å². The summed E-state index contributed by atoms with van der Waals surface area (Å²) in [6.07, 6.45) is 3.07. The van der Waals surface area contributed by atoms with Gasteiger partial charge in [0, 0.05) is 32.2 Å². The summed E-state index contributed by atoms with van der Waals surface area (Å²) in [4.78, 5) is 28.2. The van der Waals surface area contributed by atoms with Gasteiger partial charge in [-0.2, -0.15) is 0 Å². The molecule has 0 bridgehead atoms. The van der Waals surface area contributed by atoms with Gasteiger partial charge in [0.2, 0.25) is 0 Å². The summed E-state index contributed by atoms with van der Waals surface area (Å²) in [6, 6.07) is 0.192. The highest BCUT2D eigenvalue weighted by Gasteiger charge is 2.33. The van der Waals surface area contributed by atoms with Crippen LogP contribution in [0.15, 0.2) is 0 Å². The molecule has 19 heavy (non-hydrogen) atoms. The third-order valence-corrected chi connectivity index (χ3v) is 4.19. The van der Waals surface area contributed by atoms with E-state index in [0.717, 1.165) is 38.9 Å². The van der Waals surface area contributed by atoms with Gasteiger partial charge in [0.15, 0.2) is 0 Å². The van der Waals surface area contributed by atoms with Crippen LogP contribution in [0.3, 0.4) is 0 Å². The van der Waals surface area contributed by atoms with Crippen molar-refractivity contribution in [1.82, 2.24) is 15.1 Å². The molecule has 5 nitrogen and oxygen atoms in total. The number of nitrogens with one attached hydrogen (secondary N) is 1. The van der Waals surface area contributed by atoms with E-state index in [1.54, 1.807) is 9.80 Å². The summed E-state index contributed by atoms with van der Waals surface area (Å²) in [7, 11) is 0. The fourth-order valence-corrected chi connectivity index (χ4v) is 2.88. The highest BCUT2D eigenvalue weighted by atomic mass is 16.2. The molecular formula is C14H25N3O2. The first-order chi connectivity index (χ1) is 9.09. The van der Waals surface area contributed by atoms with E-state index in [1.165, 1.54) is 0 Å². The molecule has 2 atom stereocenters. The zero-order chi connectivity index (χ0) is 13.8. The molecule has 1 N–H and O–H groups in total. The standard InChI is InChI=1S/C14H25N3O2/c1-11-4-5-12(2)17(10-11)14(19)13(18)16-8-3-6-15-7-9-16/h11-12,15H,3-10H2,1-2H3. The lowest BCUT2D eigenvalue weighted by Crippen LogP contribution is -2.52. The Morgan fingerprint density at radius 2 is 1.84 bits per heavy atom. The van der Waals surface area contributed by atoms with E-state index in [1.807, 2.05) is 6.92 Å². The van der Waals surface area contributed by atoms with Gasteiger partial charge < -0.3 is 15.1 Å². The molecule has 2 aliphatic heterocycles. The molecule has 0 aromatic heterocycles. The van der Waals surface area contributed by atoms with Gasteiger partial charge in [0.25, 0.3) is 0 Å². The number of nitrogens with zero attached hydrogens (tertiary/aromatic N) is 2. The lowest BCUT2D eigenvalue weighted by atomic mass is 9.95. The van der Waals surface area contributed by atoms with Crippen LogP contribution in [0, 0.1) is 5.92 Å². The molecule has 0 radical (unpaired) electrons. The summed E-state index contributed by atoms with van der Waals surface area (Å²) in [5.74, 6) is -0.121. The van der Waals surface area contributed by atoms with Crippen molar-refractivity contribution >= 4 is 11.8 Å². The fourth-order valence-electron chi connectivity index (χ4n) is 2.88. The van der Waals surface area contributed by atoms with Crippen molar-refractivity contribution in [3.8, 4) is 0 Å². The van der Waals surface area contributed by atoms with Gasteiger partial charge in [-0.1, -0.05) is 6.92 Å². The molecule has 108 valence electrons. The Morgan fingerprint density at radius 3 is 2.63 bits per heavy atom. The van der Waals surface area contributed by atoms with Crippen LogP contribution in [0.1, 0.15) is 33.1 Å². The van der Waals surface area contributed by atoms with E-state index in [4.69, 9.17) is 0 Å². The average Bonchev–Trinajstić information content (AvgIpc) is 2.69. The van der Waals surface area contributed by atoms with E-state index in [0.29, 0.717) is 19.0 Å². The van der Waals surface area contributed by atoms with Crippen LogP contribution in [0.2, 0.25) is 0 Å². The van der Waals surface area contributed by atoms with Crippen molar-refractivity contribution in [2.24, 2.45) is 5.92 Å². The van der Waals surface area contributed by atoms with Crippen molar-refractivity contribution in [1.29, 1.82) is 0 Å². The van der Waals surface area contributed by atoms with Crippen molar-refractivity contribution in [3.63, 3.8) is 0 Å². The molecular weight excluding hydrogens is 242 g/mol. The number of hydrogen-bond acceptors (Lipinski definition) is 3. The number of amides is 2. The first-order valence-corrected chi connectivity index (χ1v) is 7.40. The Morgan fingerprint density at radius 1 is 1.05 bits per heavy atom. The van der Waals surface area contributed by atoms with Gasteiger partial charge in [-0.3, -0.25) is 9.59 Å². The van der Waals surface area contributed by atoms with Gasteiger partial charge in [-0.05, 0) is 38.6 Å². The SMILES string of the molecule is CC1CCC(C)N(C(=O)C(=O)N2CCCNCC2)C1.